The normalized spacial score (nSPS) is 13.9. The van der Waals surface area contributed by atoms with Crippen LogP contribution in [0.25, 0.3) is 11.0 Å². The summed E-state index contributed by atoms with van der Waals surface area (Å²) in [6, 6.07) is 3.38. The largest absolute Gasteiger partial charge is 0.321 e. The fourth-order valence-electron chi connectivity index (χ4n) is 2.85. The second-order valence-corrected chi connectivity index (χ2v) is 6.73. The lowest BCUT2D eigenvalue weighted by Gasteiger charge is -2.30. The number of hydrogen-bond acceptors (Lipinski definition) is 1. The van der Waals surface area contributed by atoms with Gasteiger partial charge in [-0.15, -0.1) is 11.6 Å². The molecule has 0 aliphatic rings. The average molecular weight is 297 g/mol. The van der Waals surface area contributed by atoms with Crippen molar-refractivity contribution in [2.24, 2.45) is 0 Å². The van der Waals surface area contributed by atoms with Gasteiger partial charge in [0.05, 0.1) is 16.4 Å². The second kappa shape index (κ2) is 5.36. The Bertz CT molecular complexity index is 629. The Morgan fingerprint density at radius 3 is 2.60 bits per heavy atom. The predicted octanol–water partition coefficient (Wildman–Crippen LogP) is 5.32. The quantitative estimate of drug-likeness (QED) is 0.698. The van der Waals surface area contributed by atoms with Crippen LogP contribution in [0, 0.1) is 12.7 Å². The number of aromatic nitrogens is 2. The van der Waals surface area contributed by atoms with Gasteiger partial charge in [0.25, 0.3) is 0 Å². The molecule has 2 aromatic rings. The van der Waals surface area contributed by atoms with E-state index in [1.54, 1.807) is 6.92 Å². The number of benzene rings is 1. The summed E-state index contributed by atoms with van der Waals surface area (Å²) in [6.07, 6.45) is 2.09. The number of nitrogens with zero attached hydrogens (tertiary/aromatic N) is 2. The lowest BCUT2D eigenvalue weighted by Crippen LogP contribution is -2.28. The summed E-state index contributed by atoms with van der Waals surface area (Å²) < 4.78 is 15.9. The van der Waals surface area contributed by atoms with Gasteiger partial charge in [-0.3, -0.25) is 0 Å². The molecule has 1 aromatic heterocycles. The molecule has 0 spiro atoms. The molecule has 0 N–H and O–H groups in total. The number of rotatable bonds is 4. The topological polar surface area (TPSA) is 17.8 Å². The van der Waals surface area contributed by atoms with Gasteiger partial charge >= 0.3 is 0 Å². The van der Waals surface area contributed by atoms with Gasteiger partial charge in [-0.25, -0.2) is 9.37 Å². The summed E-state index contributed by atoms with van der Waals surface area (Å²) >= 11 is 6.29. The minimum Gasteiger partial charge on any atom is -0.321 e. The van der Waals surface area contributed by atoms with Crippen LogP contribution in [0.2, 0.25) is 0 Å². The first-order chi connectivity index (χ1) is 9.27. The number of fused-ring (bicyclic) bond motifs is 1. The summed E-state index contributed by atoms with van der Waals surface area (Å²) in [7, 11) is 0. The van der Waals surface area contributed by atoms with Crippen LogP contribution in [0.15, 0.2) is 12.1 Å². The molecule has 20 heavy (non-hydrogen) atoms. The standard InChI is InChI=1S/C16H22ClFN2/c1-6-7-16(4,5)20-14-8-10(2)12(18)9-13(14)19-15(20)11(3)17/h8-9,11H,6-7H2,1-5H3. The van der Waals surface area contributed by atoms with E-state index in [2.05, 4.69) is 30.3 Å². The van der Waals surface area contributed by atoms with E-state index in [9.17, 15) is 4.39 Å². The maximum Gasteiger partial charge on any atom is 0.128 e. The van der Waals surface area contributed by atoms with Crippen LogP contribution in [-0.4, -0.2) is 9.55 Å². The zero-order valence-corrected chi connectivity index (χ0v) is 13.6. The molecule has 0 bridgehead atoms. The molecular weight excluding hydrogens is 275 g/mol. The van der Waals surface area contributed by atoms with Crippen molar-refractivity contribution in [2.45, 2.75) is 58.4 Å². The van der Waals surface area contributed by atoms with Crippen LogP contribution in [0.3, 0.4) is 0 Å². The maximum atomic E-state index is 13.8. The fraction of sp³-hybridized carbons (Fsp3) is 0.562. The zero-order chi connectivity index (χ0) is 15.1. The third-order valence-corrected chi connectivity index (χ3v) is 3.98. The molecule has 0 saturated heterocycles. The van der Waals surface area contributed by atoms with Crippen molar-refractivity contribution in [2.75, 3.05) is 0 Å². The Morgan fingerprint density at radius 1 is 1.40 bits per heavy atom. The van der Waals surface area contributed by atoms with Gasteiger partial charge < -0.3 is 4.57 Å². The minimum absolute atomic E-state index is 0.0910. The van der Waals surface area contributed by atoms with Crippen LogP contribution in [0.5, 0.6) is 0 Å². The number of hydrogen-bond donors (Lipinski definition) is 0. The van der Waals surface area contributed by atoms with Gasteiger partial charge in [0.15, 0.2) is 0 Å². The molecule has 0 fully saturated rings. The third-order valence-electron chi connectivity index (χ3n) is 3.78. The van der Waals surface area contributed by atoms with E-state index in [0.717, 1.165) is 24.2 Å². The Kier molecular flexibility index (Phi) is 4.10. The second-order valence-electron chi connectivity index (χ2n) is 6.07. The Labute approximate surface area is 125 Å². The number of aryl methyl sites for hydroxylation is 1. The Hall–Kier alpha value is -1.09. The molecular formula is C16H22ClFN2. The minimum atomic E-state index is -0.218. The average Bonchev–Trinajstić information content (AvgIpc) is 2.69. The van der Waals surface area contributed by atoms with E-state index in [4.69, 9.17) is 11.6 Å². The summed E-state index contributed by atoms with van der Waals surface area (Å²) in [5.41, 5.74) is 2.19. The molecule has 1 aromatic carbocycles. The summed E-state index contributed by atoms with van der Waals surface area (Å²) in [5, 5.41) is -0.207. The monoisotopic (exact) mass is 296 g/mol. The lowest BCUT2D eigenvalue weighted by molar-refractivity contribution is 0.323. The first-order valence-electron chi connectivity index (χ1n) is 7.11. The molecule has 1 atom stereocenters. The maximum absolute atomic E-state index is 13.8. The third kappa shape index (κ3) is 2.56. The molecule has 1 unspecified atom stereocenters. The van der Waals surface area contributed by atoms with Gasteiger partial charge in [0.1, 0.15) is 11.6 Å². The summed E-state index contributed by atoms with van der Waals surface area (Å²) in [4.78, 5) is 4.55. The number of halogens is 2. The van der Waals surface area contributed by atoms with Crippen LogP contribution in [0.1, 0.15) is 57.3 Å². The Morgan fingerprint density at radius 2 is 2.05 bits per heavy atom. The molecule has 1 heterocycles. The highest BCUT2D eigenvalue weighted by atomic mass is 35.5. The van der Waals surface area contributed by atoms with Crippen LogP contribution in [0.4, 0.5) is 4.39 Å². The van der Waals surface area contributed by atoms with Gasteiger partial charge in [0.2, 0.25) is 0 Å². The van der Waals surface area contributed by atoms with Crippen molar-refractivity contribution in [3.8, 4) is 0 Å². The molecule has 110 valence electrons. The highest BCUT2D eigenvalue weighted by Crippen LogP contribution is 2.34. The van der Waals surface area contributed by atoms with Crippen LogP contribution >= 0.6 is 11.6 Å². The molecule has 0 radical (unpaired) electrons. The van der Waals surface area contributed by atoms with Crippen molar-refractivity contribution in [1.82, 2.24) is 9.55 Å². The first-order valence-corrected chi connectivity index (χ1v) is 7.54. The zero-order valence-electron chi connectivity index (χ0n) is 12.8. The van der Waals surface area contributed by atoms with Crippen molar-refractivity contribution in [3.63, 3.8) is 0 Å². The van der Waals surface area contributed by atoms with Gasteiger partial charge in [-0.1, -0.05) is 13.3 Å². The van der Waals surface area contributed by atoms with Crippen molar-refractivity contribution < 1.29 is 4.39 Å². The summed E-state index contributed by atoms with van der Waals surface area (Å²) in [6.45, 7) is 10.2. The number of imidazole rings is 1. The van der Waals surface area contributed by atoms with Gasteiger partial charge in [-0.2, -0.15) is 0 Å². The lowest BCUT2D eigenvalue weighted by atomic mass is 9.97. The highest BCUT2D eigenvalue weighted by molar-refractivity contribution is 6.20. The molecule has 0 saturated carbocycles. The van der Waals surface area contributed by atoms with Crippen LogP contribution < -0.4 is 0 Å². The van der Waals surface area contributed by atoms with Gasteiger partial charge in [0, 0.05) is 11.6 Å². The van der Waals surface area contributed by atoms with E-state index >= 15 is 0 Å². The van der Waals surface area contributed by atoms with Gasteiger partial charge in [-0.05, 0) is 45.7 Å². The predicted molar refractivity (Wildman–Crippen MR) is 82.9 cm³/mol. The van der Waals surface area contributed by atoms with E-state index in [0.29, 0.717) is 11.1 Å². The molecule has 0 aliphatic carbocycles. The van der Waals surface area contributed by atoms with E-state index in [1.807, 2.05) is 13.0 Å². The molecule has 2 nitrogen and oxygen atoms in total. The fourth-order valence-corrected chi connectivity index (χ4v) is 2.99. The number of alkyl halides is 1. The van der Waals surface area contributed by atoms with Crippen molar-refractivity contribution >= 4 is 22.6 Å². The molecule has 0 aliphatic heterocycles. The first kappa shape index (κ1) is 15.3. The molecule has 0 amide bonds. The smallest absolute Gasteiger partial charge is 0.128 e. The SMILES string of the molecule is CCCC(C)(C)n1c(C(C)Cl)nc2cc(F)c(C)cc21. The van der Waals surface area contributed by atoms with Crippen LogP contribution in [-0.2, 0) is 5.54 Å². The summed E-state index contributed by atoms with van der Waals surface area (Å²) in [5.74, 6) is 0.592. The molecule has 2 rings (SSSR count). The van der Waals surface area contributed by atoms with E-state index in [1.165, 1.54) is 6.07 Å². The Balaban J connectivity index is 2.78. The van der Waals surface area contributed by atoms with E-state index in [-0.39, 0.29) is 16.7 Å². The highest BCUT2D eigenvalue weighted by Gasteiger charge is 2.27. The van der Waals surface area contributed by atoms with Crippen molar-refractivity contribution in [1.29, 1.82) is 0 Å². The molecule has 4 heteroatoms. The van der Waals surface area contributed by atoms with Crippen molar-refractivity contribution in [3.05, 3.63) is 29.3 Å². The van der Waals surface area contributed by atoms with E-state index < -0.39 is 0 Å².